The summed E-state index contributed by atoms with van der Waals surface area (Å²) in [4.78, 5) is 12.1. The highest BCUT2D eigenvalue weighted by molar-refractivity contribution is 9.10. The summed E-state index contributed by atoms with van der Waals surface area (Å²) in [7, 11) is 0. The molecule has 2 N–H and O–H groups in total. The van der Waals surface area contributed by atoms with Crippen molar-refractivity contribution in [2.24, 2.45) is 0 Å². The molecule has 0 aromatic heterocycles. The van der Waals surface area contributed by atoms with Crippen molar-refractivity contribution >= 4 is 27.5 Å². The number of benzene rings is 2. The fraction of sp³-hybridized carbons (Fsp3) is 0.188. The molecule has 1 amide bonds. The van der Waals surface area contributed by atoms with E-state index in [2.05, 4.69) is 21.2 Å². The molecule has 0 aliphatic rings. The molecule has 1 unspecified atom stereocenters. The standard InChI is InChI=1S/C16H16BrNO3/c1-11(16(20)18-13-5-3-2-4-6-13)21-15-8-7-12(10-19)9-14(15)17/h2-9,11,19H,10H2,1H3,(H,18,20). The number of aliphatic hydroxyl groups excluding tert-OH is 1. The predicted octanol–water partition coefficient (Wildman–Crippen LogP) is 3.35. The lowest BCUT2D eigenvalue weighted by Gasteiger charge is -2.16. The first-order valence-corrected chi connectivity index (χ1v) is 7.31. The van der Waals surface area contributed by atoms with Crippen LogP contribution in [0.5, 0.6) is 5.75 Å². The Hall–Kier alpha value is -1.85. The molecule has 0 aliphatic heterocycles. The summed E-state index contributed by atoms with van der Waals surface area (Å²) < 4.78 is 6.34. The van der Waals surface area contributed by atoms with Gasteiger partial charge in [0.25, 0.3) is 5.91 Å². The van der Waals surface area contributed by atoms with Crippen LogP contribution in [0.1, 0.15) is 12.5 Å². The first-order valence-electron chi connectivity index (χ1n) is 6.52. The highest BCUT2D eigenvalue weighted by Gasteiger charge is 2.16. The average molecular weight is 350 g/mol. The third kappa shape index (κ3) is 4.31. The molecule has 0 fully saturated rings. The molecule has 2 aromatic rings. The summed E-state index contributed by atoms with van der Waals surface area (Å²) in [6.45, 7) is 1.65. The number of amides is 1. The minimum atomic E-state index is -0.638. The van der Waals surface area contributed by atoms with Gasteiger partial charge in [0, 0.05) is 5.69 Å². The molecule has 0 heterocycles. The van der Waals surface area contributed by atoms with Crippen molar-refractivity contribution < 1.29 is 14.6 Å². The van der Waals surface area contributed by atoms with Crippen LogP contribution < -0.4 is 10.1 Å². The van der Waals surface area contributed by atoms with Crippen LogP contribution in [0.4, 0.5) is 5.69 Å². The van der Waals surface area contributed by atoms with Crippen molar-refractivity contribution in [3.8, 4) is 5.75 Å². The van der Waals surface area contributed by atoms with E-state index in [1.54, 1.807) is 25.1 Å². The number of aliphatic hydroxyl groups is 1. The topological polar surface area (TPSA) is 58.6 Å². The predicted molar refractivity (Wildman–Crippen MR) is 85.2 cm³/mol. The van der Waals surface area contributed by atoms with Crippen LogP contribution in [0.2, 0.25) is 0 Å². The van der Waals surface area contributed by atoms with Gasteiger partial charge in [-0.25, -0.2) is 0 Å². The molecule has 0 saturated carbocycles. The van der Waals surface area contributed by atoms with Crippen molar-refractivity contribution in [3.63, 3.8) is 0 Å². The van der Waals surface area contributed by atoms with Crippen LogP contribution in [0.25, 0.3) is 0 Å². The van der Waals surface area contributed by atoms with Gasteiger partial charge in [-0.2, -0.15) is 0 Å². The van der Waals surface area contributed by atoms with Gasteiger partial charge in [0.15, 0.2) is 6.10 Å². The molecule has 21 heavy (non-hydrogen) atoms. The van der Waals surface area contributed by atoms with Gasteiger partial charge in [-0.05, 0) is 52.7 Å². The summed E-state index contributed by atoms with van der Waals surface area (Å²) in [5.41, 5.74) is 1.50. The van der Waals surface area contributed by atoms with Gasteiger partial charge in [-0.15, -0.1) is 0 Å². The smallest absolute Gasteiger partial charge is 0.265 e. The first-order chi connectivity index (χ1) is 10.1. The van der Waals surface area contributed by atoms with Crippen molar-refractivity contribution in [1.29, 1.82) is 0 Å². The maximum atomic E-state index is 12.1. The van der Waals surface area contributed by atoms with E-state index in [4.69, 9.17) is 9.84 Å². The molecule has 0 saturated heterocycles. The lowest BCUT2D eigenvalue weighted by atomic mass is 10.2. The number of halogens is 1. The normalized spacial score (nSPS) is 11.8. The zero-order chi connectivity index (χ0) is 15.2. The maximum absolute atomic E-state index is 12.1. The lowest BCUT2D eigenvalue weighted by Crippen LogP contribution is -2.30. The Kier molecular flexibility index (Phi) is 5.36. The molecular weight excluding hydrogens is 334 g/mol. The van der Waals surface area contributed by atoms with Crippen molar-refractivity contribution in [3.05, 3.63) is 58.6 Å². The summed E-state index contributed by atoms with van der Waals surface area (Å²) >= 11 is 3.36. The third-order valence-corrected chi connectivity index (χ3v) is 3.51. The number of hydrogen-bond donors (Lipinski definition) is 2. The van der Waals surface area contributed by atoms with E-state index in [0.29, 0.717) is 10.2 Å². The second kappa shape index (κ2) is 7.24. The summed E-state index contributed by atoms with van der Waals surface area (Å²) in [6.07, 6.45) is -0.638. The molecule has 4 nitrogen and oxygen atoms in total. The Bertz CT molecular complexity index is 616. The zero-order valence-corrected chi connectivity index (χ0v) is 13.1. The van der Waals surface area contributed by atoms with Crippen LogP contribution in [-0.2, 0) is 11.4 Å². The van der Waals surface area contributed by atoms with E-state index in [1.165, 1.54) is 0 Å². The summed E-state index contributed by atoms with van der Waals surface area (Å²) in [5, 5.41) is 11.8. The molecule has 2 aromatic carbocycles. The molecule has 0 bridgehead atoms. The number of ether oxygens (including phenoxy) is 1. The largest absolute Gasteiger partial charge is 0.480 e. The van der Waals surface area contributed by atoms with E-state index in [1.807, 2.05) is 30.3 Å². The summed E-state index contributed by atoms with van der Waals surface area (Å²) in [6, 6.07) is 14.5. The van der Waals surface area contributed by atoms with E-state index in [0.717, 1.165) is 11.3 Å². The SMILES string of the molecule is CC(Oc1ccc(CO)cc1Br)C(=O)Nc1ccccc1. The molecule has 0 spiro atoms. The number of hydrogen-bond acceptors (Lipinski definition) is 3. The molecule has 1 atom stereocenters. The van der Waals surface area contributed by atoms with Gasteiger partial charge in [0.2, 0.25) is 0 Å². The van der Waals surface area contributed by atoms with E-state index < -0.39 is 6.10 Å². The van der Waals surface area contributed by atoms with Crippen LogP contribution in [0.3, 0.4) is 0 Å². The van der Waals surface area contributed by atoms with Crippen LogP contribution in [0.15, 0.2) is 53.0 Å². The van der Waals surface area contributed by atoms with Crippen LogP contribution >= 0.6 is 15.9 Å². The Labute approximate surface area is 131 Å². The van der Waals surface area contributed by atoms with E-state index in [9.17, 15) is 4.79 Å². The minimum absolute atomic E-state index is 0.0388. The lowest BCUT2D eigenvalue weighted by molar-refractivity contribution is -0.122. The molecule has 0 aliphatic carbocycles. The highest BCUT2D eigenvalue weighted by atomic mass is 79.9. The van der Waals surface area contributed by atoms with Crippen LogP contribution in [0, 0.1) is 0 Å². The van der Waals surface area contributed by atoms with Gasteiger partial charge < -0.3 is 15.2 Å². The number of carbonyl (C=O) groups excluding carboxylic acids is 1. The number of para-hydroxylation sites is 1. The van der Waals surface area contributed by atoms with Gasteiger partial charge in [0.1, 0.15) is 5.75 Å². The number of rotatable bonds is 5. The molecular formula is C16H16BrNO3. The zero-order valence-electron chi connectivity index (χ0n) is 11.5. The highest BCUT2D eigenvalue weighted by Crippen LogP contribution is 2.27. The van der Waals surface area contributed by atoms with Gasteiger partial charge in [-0.1, -0.05) is 24.3 Å². The van der Waals surface area contributed by atoms with Crippen molar-refractivity contribution in [1.82, 2.24) is 0 Å². The molecule has 0 radical (unpaired) electrons. The Morgan fingerprint density at radius 3 is 2.62 bits per heavy atom. The quantitative estimate of drug-likeness (QED) is 0.870. The van der Waals surface area contributed by atoms with Gasteiger partial charge in [0.05, 0.1) is 11.1 Å². The van der Waals surface area contributed by atoms with E-state index >= 15 is 0 Å². The second-order valence-corrected chi connectivity index (χ2v) is 5.39. The molecule has 110 valence electrons. The van der Waals surface area contributed by atoms with Gasteiger partial charge >= 0.3 is 0 Å². The third-order valence-electron chi connectivity index (χ3n) is 2.89. The first kappa shape index (κ1) is 15.5. The maximum Gasteiger partial charge on any atom is 0.265 e. The molecule has 2 rings (SSSR count). The number of anilines is 1. The fourth-order valence-electron chi connectivity index (χ4n) is 1.75. The monoisotopic (exact) mass is 349 g/mol. The fourth-order valence-corrected chi connectivity index (χ4v) is 2.27. The number of carbonyl (C=O) groups is 1. The second-order valence-electron chi connectivity index (χ2n) is 4.54. The van der Waals surface area contributed by atoms with Gasteiger partial charge in [-0.3, -0.25) is 4.79 Å². The Morgan fingerprint density at radius 2 is 2.00 bits per heavy atom. The van der Waals surface area contributed by atoms with Crippen LogP contribution in [-0.4, -0.2) is 17.1 Å². The number of nitrogens with one attached hydrogen (secondary N) is 1. The Morgan fingerprint density at radius 1 is 1.29 bits per heavy atom. The van der Waals surface area contributed by atoms with E-state index in [-0.39, 0.29) is 12.5 Å². The summed E-state index contributed by atoms with van der Waals surface area (Å²) in [5.74, 6) is 0.335. The van der Waals surface area contributed by atoms with Crippen molar-refractivity contribution in [2.45, 2.75) is 19.6 Å². The minimum Gasteiger partial charge on any atom is -0.480 e. The molecule has 5 heteroatoms. The average Bonchev–Trinajstić information content (AvgIpc) is 2.50. The Balaban J connectivity index is 2.00. The van der Waals surface area contributed by atoms with Crippen molar-refractivity contribution in [2.75, 3.05) is 5.32 Å².